The van der Waals surface area contributed by atoms with Crippen LogP contribution in [0.1, 0.15) is 18.9 Å². The molecule has 1 fully saturated rings. The zero-order valence-corrected chi connectivity index (χ0v) is 15.7. The Morgan fingerprint density at radius 1 is 0.897 bits per heavy atom. The van der Waals surface area contributed by atoms with E-state index in [1.165, 1.54) is 0 Å². The first-order valence-electron chi connectivity index (χ1n) is 9.86. The predicted molar refractivity (Wildman–Crippen MR) is 110 cm³/mol. The number of ether oxygens (including phenoxy) is 1. The summed E-state index contributed by atoms with van der Waals surface area (Å²) < 4.78 is 19.5. The number of hydrogen-bond donors (Lipinski definition) is 0. The normalized spacial score (nSPS) is 15.4. The quantitative estimate of drug-likeness (QED) is 0.413. The Hall–Kier alpha value is -3.38. The first-order valence-corrected chi connectivity index (χ1v) is 9.86. The van der Waals surface area contributed by atoms with Gasteiger partial charge in [0.05, 0.1) is 17.3 Å². The van der Waals surface area contributed by atoms with Crippen molar-refractivity contribution >= 4 is 22.1 Å². The lowest BCUT2D eigenvalue weighted by molar-refractivity contribution is 0.0709. The Morgan fingerprint density at radius 3 is 2.62 bits per heavy atom. The molecule has 0 bridgehead atoms. The maximum atomic E-state index is 5.95. The third kappa shape index (κ3) is 2.76. The van der Waals surface area contributed by atoms with E-state index in [1.54, 1.807) is 6.26 Å². The smallest absolute Gasteiger partial charge is 0.227 e. The van der Waals surface area contributed by atoms with Gasteiger partial charge in [0.15, 0.2) is 17.2 Å². The van der Waals surface area contributed by atoms with Gasteiger partial charge in [-0.3, -0.25) is 0 Å². The molecule has 1 aliphatic rings. The summed E-state index contributed by atoms with van der Waals surface area (Å²) in [7, 11) is 0. The zero-order chi connectivity index (χ0) is 19.2. The summed E-state index contributed by atoms with van der Waals surface area (Å²) in [5.41, 5.74) is 4.54. The van der Waals surface area contributed by atoms with Gasteiger partial charge in [-0.15, -0.1) is 0 Å². The predicted octanol–water partition coefficient (Wildman–Crippen LogP) is 5.46. The van der Waals surface area contributed by atoms with Crippen molar-refractivity contribution in [3.63, 3.8) is 0 Å². The van der Waals surface area contributed by atoms with Crippen molar-refractivity contribution in [3.05, 3.63) is 60.9 Å². The molecule has 4 heterocycles. The number of imidazole rings is 1. The fourth-order valence-corrected chi connectivity index (χ4v) is 4.12. The van der Waals surface area contributed by atoms with Gasteiger partial charge in [0.1, 0.15) is 5.52 Å². The van der Waals surface area contributed by atoms with Crippen LogP contribution < -0.4 is 0 Å². The van der Waals surface area contributed by atoms with E-state index in [0.29, 0.717) is 11.9 Å². The maximum absolute atomic E-state index is 5.95. The number of rotatable bonds is 3. The molecule has 0 aliphatic carbocycles. The van der Waals surface area contributed by atoms with Crippen molar-refractivity contribution in [2.45, 2.75) is 18.9 Å². The van der Waals surface area contributed by atoms with Crippen LogP contribution in [0.3, 0.4) is 0 Å². The molecular formula is C23H19N3O3. The third-order valence-corrected chi connectivity index (χ3v) is 5.53. The van der Waals surface area contributed by atoms with Crippen molar-refractivity contribution < 1.29 is 13.6 Å². The number of hydrogen-bond acceptors (Lipinski definition) is 5. The molecule has 0 radical (unpaired) electrons. The van der Waals surface area contributed by atoms with Crippen LogP contribution >= 0.6 is 0 Å². The Kier molecular flexibility index (Phi) is 3.77. The highest BCUT2D eigenvalue weighted by atomic mass is 16.5. The topological polar surface area (TPSA) is 66.2 Å². The lowest BCUT2D eigenvalue weighted by Crippen LogP contribution is -2.20. The summed E-state index contributed by atoms with van der Waals surface area (Å²) in [5.74, 6) is 2.23. The second-order valence-electron chi connectivity index (χ2n) is 7.32. The lowest BCUT2D eigenvalue weighted by atomic mass is 10.1. The van der Waals surface area contributed by atoms with E-state index in [4.69, 9.17) is 18.6 Å². The molecule has 1 aliphatic heterocycles. The van der Waals surface area contributed by atoms with Gasteiger partial charge >= 0.3 is 0 Å². The summed E-state index contributed by atoms with van der Waals surface area (Å²) in [4.78, 5) is 9.55. The molecular weight excluding hydrogens is 366 g/mol. The zero-order valence-electron chi connectivity index (χ0n) is 15.7. The molecule has 6 nitrogen and oxygen atoms in total. The number of para-hydroxylation sites is 2. The fourth-order valence-electron chi connectivity index (χ4n) is 4.12. The Bertz CT molecular complexity index is 1260. The summed E-state index contributed by atoms with van der Waals surface area (Å²) >= 11 is 0. The molecule has 144 valence electrons. The van der Waals surface area contributed by atoms with Gasteiger partial charge in [0.2, 0.25) is 5.89 Å². The van der Waals surface area contributed by atoms with Gasteiger partial charge in [-0.05, 0) is 55.3 Å². The molecule has 0 unspecified atom stereocenters. The van der Waals surface area contributed by atoms with Crippen LogP contribution in [0, 0.1) is 0 Å². The van der Waals surface area contributed by atoms with Gasteiger partial charge in [0, 0.05) is 24.8 Å². The molecule has 6 rings (SSSR count). The highest BCUT2D eigenvalue weighted by Crippen LogP contribution is 2.35. The van der Waals surface area contributed by atoms with Crippen molar-refractivity contribution in [2.75, 3.05) is 13.2 Å². The van der Waals surface area contributed by atoms with Crippen molar-refractivity contribution in [3.8, 4) is 23.0 Å². The average Bonchev–Trinajstić information content (AvgIpc) is 3.51. The van der Waals surface area contributed by atoms with Gasteiger partial charge < -0.3 is 18.1 Å². The van der Waals surface area contributed by atoms with E-state index in [-0.39, 0.29) is 0 Å². The molecule has 0 amide bonds. The minimum atomic E-state index is 0.337. The van der Waals surface area contributed by atoms with Crippen LogP contribution in [-0.2, 0) is 4.74 Å². The second kappa shape index (κ2) is 6.60. The first-order chi connectivity index (χ1) is 14.4. The fraction of sp³-hybridized carbons (Fsp3) is 0.217. The molecule has 0 atom stereocenters. The van der Waals surface area contributed by atoms with Crippen molar-refractivity contribution in [1.82, 2.24) is 14.5 Å². The summed E-state index contributed by atoms with van der Waals surface area (Å²) in [6, 6.07) is 18.2. The van der Waals surface area contributed by atoms with Crippen LogP contribution in [0.5, 0.6) is 0 Å². The number of fused-ring (bicyclic) bond motifs is 2. The SMILES string of the molecule is c1coc(-c2nc3cc(-c4nc5ccccc5o4)ccc3n2C2CCOCC2)c1. The number of oxazole rings is 1. The number of nitrogens with zero attached hydrogens (tertiary/aromatic N) is 3. The molecule has 3 aromatic heterocycles. The minimum Gasteiger partial charge on any atom is -0.461 e. The van der Waals surface area contributed by atoms with E-state index in [2.05, 4.69) is 21.7 Å². The molecule has 0 spiro atoms. The highest BCUT2D eigenvalue weighted by molar-refractivity contribution is 5.85. The summed E-state index contributed by atoms with van der Waals surface area (Å²) in [5, 5.41) is 0. The molecule has 2 aromatic carbocycles. The lowest BCUT2D eigenvalue weighted by Gasteiger charge is -2.25. The number of furan rings is 1. The van der Waals surface area contributed by atoms with E-state index in [1.807, 2.05) is 42.5 Å². The Labute approximate surface area is 166 Å². The molecule has 29 heavy (non-hydrogen) atoms. The molecule has 0 N–H and O–H groups in total. The Morgan fingerprint density at radius 2 is 1.79 bits per heavy atom. The van der Waals surface area contributed by atoms with E-state index in [0.717, 1.165) is 65.3 Å². The van der Waals surface area contributed by atoms with E-state index < -0.39 is 0 Å². The summed E-state index contributed by atoms with van der Waals surface area (Å²) in [6.07, 6.45) is 3.62. The number of benzene rings is 2. The van der Waals surface area contributed by atoms with E-state index in [9.17, 15) is 0 Å². The van der Waals surface area contributed by atoms with Crippen LogP contribution in [0.4, 0.5) is 0 Å². The van der Waals surface area contributed by atoms with Crippen LogP contribution in [-0.4, -0.2) is 27.7 Å². The van der Waals surface area contributed by atoms with Gasteiger partial charge in [-0.1, -0.05) is 12.1 Å². The highest BCUT2D eigenvalue weighted by Gasteiger charge is 2.24. The third-order valence-electron chi connectivity index (χ3n) is 5.53. The van der Waals surface area contributed by atoms with Gasteiger partial charge in [-0.25, -0.2) is 9.97 Å². The second-order valence-corrected chi connectivity index (χ2v) is 7.32. The van der Waals surface area contributed by atoms with Crippen molar-refractivity contribution in [2.24, 2.45) is 0 Å². The van der Waals surface area contributed by atoms with Crippen LogP contribution in [0.25, 0.3) is 45.2 Å². The molecule has 6 heteroatoms. The number of aromatic nitrogens is 3. The van der Waals surface area contributed by atoms with E-state index >= 15 is 0 Å². The monoisotopic (exact) mass is 385 g/mol. The molecule has 1 saturated heterocycles. The van der Waals surface area contributed by atoms with Crippen LogP contribution in [0.15, 0.2) is 69.7 Å². The minimum absolute atomic E-state index is 0.337. The molecule has 0 saturated carbocycles. The standard InChI is InChI=1S/C23H19N3O3/c1-2-5-20-17(4-1)25-23(29-20)15-7-8-19-18(14-15)24-22(21-6-3-11-28-21)26(19)16-9-12-27-13-10-16/h1-8,11,14,16H,9-10,12-13H2. The largest absolute Gasteiger partial charge is 0.461 e. The van der Waals surface area contributed by atoms with Gasteiger partial charge in [-0.2, -0.15) is 0 Å². The van der Waals surface area contributed by atoms with Crippen LogP contribution in [0.2, 0.25) is 0 Å². The average molecular weight is 385 g/mol. The summed E-state index contributed by atoms with van der Waals surface area (Å²) in [6.45, 7) is 1.53. The van der Waals surface area contributed by atoms with Gasteiger partial charge in [0.25, 0.3) is 0 Å². The van der Waals surface area contributed by atoms with Crippen molar-refractivity contribution in [1.29, 1.82) is 0 Å². The Balaban J connectivity index is 1.52. The maximum Gasteiger partial charge on any atom is 0.227 e. The first kappa shape index (κ1) is 16.6. The molecule has 5 aromatic rings.